The fourth-order valence-electron chi connectivity index (χ4n) is 1.40. The predicted octanol–water partition coefficient (Wildman–Crippen LogP) is 4.35. The Labute approximate surface area is 94.9 Å². The number of aromatic nitrogens is 1. The first kappa shape index (κ1) is 11.1. The second kappa shape index (κ2) is 3.87. The summed E-state index contributed by atoms with van der Waals surface area (Å²) in [7, 11) is 0. The summed E-state index contributed by atoms with van der Waals surface area (Å²) in [5.74, 6) is 0. The maximum atomic E-state index is 12.3. The highest BCUT2D eigenvalue weighted by Crippen LogP contribution is 2.32. The fraction of sp³-hybridized carbons (Fsp3) is 0.0909. The lowest BCUT2D eigenvalue weighted by Gasteiger charge is -2.07. The Morgan fingerprint density at radius 1 is 1.00 bits per heavy atom. The first-order chi connectivity index (χ1) is 7.48. The maximum Gasteiger partial charge on any atom is 0.416 e. The van der Waals surface area contributed by atoms with E-state index in [-0.39, 0.29) is 0 Å². The van der Waals surface area contributed by atoms with Crippen LogP contribution in [0, 0.1) is 0 Å². The van der Waals surface area contributed by atoms with Crippen LogP contribution >= 0.6 is 11.6 Å². The molecule has 0 unspecified atom stereocenters. The fourth-order valence-corrected chi connectivity index (χ4v) is 1.62. The minimum absolute atomic E-state index is 0.486. The summed E-state index contributed by atoms with van der Waals surface area (Å²) in [5, 5.41) is 0.486. The van der Waals surface area contributed by atoms with Crippen LogP contribution in [0.1, 0.15) is 5.56 Å². The maximum absolute atomic E-state index is 12.3. The lowest BCUT2D eigenvalue weighted by Crippen LogP contribution is -2.03. The summed E-state index contributed by atoms with van der Waals surface area (Å²) in [6, 6.07) is 6.49. The highest BCUT2D eigenvalue weighted by atomic mass is 35.5. The van der Waals surface area contributed by atoms with E-state index >= 15 is 0 Å². The summed E-state index contributed by atoms with van der Waals surface area (Å²) >= 11 is 5.85. The standard InChI is InChI=1S/C11H7ClF3N/c12-9-5-6-16-10(9)7-1-3-8(4-2-7)11(13,14)15/h1-6,16H. The van der Waals surface area contributed by atoms with Crippen molar-refractivity contribution in [1.29, 1.82) is 0 Å². The lowest BCUT2D eigenvalue weighted by atomic mass is 10.1. The first-order valence-electron chi connectivity index (χ1n) is 4.49. The van der Waals surface area contributed by atoms with Crippen molar-refractivity contribution in [2.45, 2.75) is 6.18 Å². The molecule has 1 N–H and O–H groups in total. The van der Waals surface area contributed by atoms with E-state index in [0.29, 0.717) is 16.3 Å². The van der Waals surface area contributed by atoms with Gasteiger partial charge in [0.05, 0.1) is 16.3 Å². The van der Waals surface area contributed by atoms with E-state index in [1.807, 2.05) is 0 Å². The number of halogens is 4. The second-order valence-corrected chi connectivity index (χ2v) is 3.68. The number of rotatable bonds is 1. The van der Waals surface area contributed by atoms with Gasteiger partial charge in [-0.1, -0.05) is 23.7 Å². The average Bonchev–Trinajstić information content (AvgIpc) is 2.63. The van der Waals surface area contributed by atoms with E-state index in [4.69, 9.17) is 11.6 Å². The number of H-pyrrole nitrogens is 1. The SMILES string of the molecule is FC(F)(F)c1ccc(-c2[nH]ccc2Cl)cc1. The molecule has 0 saturated carbocycles. The van der Waals surface area contributed by atoms with Crippen molar-refractivity contribution in [3.63, 3.8) is 0 Å². The molecule has 1 aromatic carbocycles. The van der Waals surface area contributed by atoms with Gasteiger partial charge in [-0.2, -0.15) is 13.2 Å². The van der Waals surface area contributed by atoms with E-state index in [2.05, 4.69) is 4.98 Å². The van der Waals surface area contributed by atoms with Crippen LogP contribution < -0.4 is 0 Å². The summed E-state index contributed by atoms with van der Waals surface area (Å²) in [4.78, 5) is 2.87. The molecule has 0 atom stereocenters. The van der Waals surface area contributed by atoms with Gasteiger partial charge in [-0.25, -0.2) is 0 Å². The van der Waals surface area contributed by atoms with Crippen LogP contribution in [-0.2, 0) is 6.18 Å². The van der Waals surface area contributed by atoms with Gasteiger partial charge in [0.1, 0.15) is 0 Å². The minimum Gasteiger partial charge on any atom is -0.360 e. The molecule has 0 spiro atoms. The van der Waals surface area contributed by atoms with E-state index in [1.54, 1.807) is 12.3 Å². The van der Waals surface area contributed by atoms with E-state index in [0.717, 1.165) is 12.1 Å². The first-order valence-corrected chi connectivity index (χ1v) is 4.87. The highest BCUT2D eigenvalue weighted by molar-refractivity contribution is 6.33. The number of nitrogens with one attached hydrogen (secondary N) is 1. The van der Waals surface area contributed by atoms with Gasteiger partial charge in [-0.15, -0.1) is 0 Å². The lowest BCUT2D eigenvalue weighted by molar-refractivity contribution is -0.137. The Morgan fingerprint density at radius 2 is 1.62 bits per heavy atom. The molecular weight excluding hydrogens is 239 g/mol. The normalized spacial score (nSPS) is 11.8. The second-order valence-electron chi connectivity index (χ2n) is 3.28. The largest absolute Gasteiger partial charge is 0.416 e. The number of benzene rings is 1. The van der Waals surface area contributed by atoms with Crippen molar-refractivity contribution in [2.75, 3.05) is 0 Å². The summed E-state index contributed by atoms with van der Waals surface area (Å²) in [5.41, 5.74) is 0.581. The molecule has 1 heterocycles. The van der Waals surface area contributed by atoms with Crippen LogP contribution in [0.25, 0.3) is 11.3 Å². The molecule has 0 fully saturated rings. The molecule has 2 aromatic rings. The third kappa shape index (κ3) is 2.07. The van der Waals surface area contributed by atoms with Crippen molar-refractivity contribution in [1.82, 2.24) is 4.98 Å². The number of hydrogen-bond acceptors (Lipinski definition) is 0. The molecule has 1 nitrogen and oxygen atoms in total. The van der Waals surface area contributed by atoms with Crippen molar-refractivity contribution >= 4 is 11.6 Å². The Bertz CT molecular complexity index is 485. The molecule has 0 saturated heterocycles. The van der Waals surface area contributed by atoms with Crippen molar-refractivity contribution in [2.24, 2.45) is 0 Å². The summed E-state index contributed by atoms with van der Waals surface area (Å²) in [6.07, 6.45) is -2.67. The number of hydrogen-bond donors (Lipinski definition) is 1. The van der Waals surface area contributed by atoms with Crippen LogP contribution in [0.15, 0.2) is 36.5 Å². The van der Waals surface area contributed by atoms with E-state index in [9.17, 15) is 13.2 Å². The zero-order valence-corrected chi connectivity index (χ0v) is 8.73. The van der Waals surface area contributed by atoms with Crippen LogP contribution in [0.2, 0.25) is 5.02 Å². The van der Waals surface area contributed by atoms with Crippen LogP contribution in [0.3, 0.4) is 0 Å². The molecule has 0 amide bonds. The molecular formula is C11H7ClF3N. The van der Waals surface area contributed by atoms with Crippen LogP contribution in [-0.4, -0.2) is 4.98 Å². The molecule has 5 heteroatoms. The molecule has 16 heavy (non-hydrogen) atoms. The van der Waals surface area contributed by atoms with E-state index in [1.165, 1.54) is 12.1 Å². The quantitative estimate of drug-likeness (QED) is 0.769. The van der Waals surface area contributed by atoms with Crippen LogP contribution in [0.4, 0.5) is 13.2 Å². The molecule has 0 aliphatic heterocycles. The zero-order valence-electron chi connectivity index (χ0n) is 7.98. The Hall–Kier alpha value is -1.42. The highest BCUT2D eigenvalue weighted by Gasteiger charge is 2.30. The van der Waals surface area contributed by atoms with Gasteiger partial charge >= 0.3 is 6.18 Å². The topological polar surface area (TPSA) is 15.8 Å². The monoisotopic (exact) mass is 245 g/mol. The smallest absolute Gasteiger partial charge is 0.360 e. The van der Waals surface area contributed by atoms with Gasteiger partial charge in [0, 0.05) is 6.20 Å². The molecule has 0 radical (unpaired) electrons. The van der Waals surface area contributed by atoms with Gasteiger partial charge < -0.3 is 4.98 Å². The molecule has 0 aliphatic carbocycles. The zero-order chi connectivity index (χ0) is 11.8. The Balaban J connectivity index is 2.37. The summed E-state index contributed by atoms with van der Waals surface area (Å²) < 4.78 is 36.9. The third-order valence-electron chi connectivity index (χ3n) is 2.20. The van der Waals surface area contributed by atoms with Crippen molar-refractivity contribution < 1.29 is 13.2 Å². The van der Waals surface area contributed by atoms with Crippen LogP contribution in [0.5, 0.6) is 0 Å². The molecule has 0 aliphatic rings. The average molecular weight is 246 g/mol. The van der Waals surface area contributed by atoms with Gasteiger partial charge in [0.25, 0.3) is 0 Å². The van der Waals surface area contributed by atoms with Gasteiger partial charge in [-0.3, -0.25) is 0 Å². The Kier molecular flexibility index (Phi) is 2.68. The van der Waals surface area contributed by atoms with Crippen molar-refractivity contribution in [3.8, 4) is 11.3 Å². The van der Waals surface area contributed by atoms with Crippen molar-refractivity contribution in [3.05, 3.63) is 47.1 Å². The number of alkyl halides is 3. The van der Waals surface area contributed by atoms with Gasteiger partial charge in [0.15, 0.2) is 0 Å². The molecule has 84 valence electrons. The molecule has 1 aromatic heterocycles. The Morgan fingerprint density at radius 3 is 2.06 bits per heavy atom. The summed E-state index contributed by atoms with van der Waals surface area (Å²) in [6.45, 7) is 0. The van der Waals surface area contributed by atoms with E-state index < -0.39 is 11.7 Å². The third-order valence-corrected chi connectivity index (χ3v) is 2.51. The number of aromatic amines is 1. The predicted molar refractivity (Wildman–Crippen MR) is 56.2 cm³/mol. The van der Waals surface area contributed by atoms with Gasteiger partial charge in [0.2, 0.25) is 0 Å². The molecule has 0 bridgehead atoms. The molecule has 2 rings (SSSR count). The van der Waals surface area contributed by atoms with Gasteiger partial charge in [-0.05, 0) is 23.8 Å². The minimum atomic E-state index is -4.31.